The smallest absolute Gasteiger partial charge is 0.235 e. The second kappa shape index (κ2) is 4.72. The zero-order chi connectivity index (χ0) is 12.4. The van der Waals surface area contributed by atoms with Crippen molar-refractivity contribution < 1.29 is 4.79 Å². The van der Waals surface area contributed by atoms with Gasteiger partial charge in [0, 0.05) is 5.71 Å². The Bertz CT molecular complexity index is 519. The van der Waals surface area contributed by atoms with Gasteiger partial charge in [-0.2, -0.15) is 0 Å². The lowest BCUT2D eigenvalue weighted by Gasteiger charge is -2.27. The fourth-order valence-corrected chi connectivity index (χ4v) is 2.45. The molecule has 2 aliphatic rings. The molecular formula is C14H15N3O. The van der Waals surface area contributed by atoms with E-state index in [0.717, 1.165) is 37.1 Å². The first-order valence-electron chi connectivity index (χ1n) is 6.35. The monoisotopic (exact) mass is 241 g/mol. The second-order valence-electron chi connectivity index (χ2n) is 4.66. The van der Waals surface area contributed by atoms with E-state index in [9.17, 15) is 4.79 Å². The van der Waals surface area contributed by atoms with Crippen LogP contribution in [0.3, 0.4) is 0 Å². The molecule has 18 heavy (non-hydrogen) atoms. The van der Waals surface area contributed by atoms with E-state index in [1.807, 2.05) is 30.3 Å². The summed E-state index contributed by atoms with van der Waals surface area (Å²) in [5.74, 6) is 0.460. The van der Waals surface area contributed by atoms with Crippen LogP contribution in [0.1, 0.15) is 25.7 Å². The molecule has 4 heteroatoms. The lowest BCUT2D eigenvalue weighted by Crippen LogP contribution is -2.44. The van der Waals surface area contributed by atoms with Crippen LogP contribution >= 0.6 is 0 Å². The van der Waals surface area contributed by atoms with E-state index in [1.54, 1.807) is 0 Å². The van der Waals surface area contributed by atoms with Crippen molar-refractivity contribution in [2.45, 2.75) is 25.7 Å². The van der Waals surface area contributed by atoms with E-state index in [4.69, 9.17) is 0 Å². The predicted molar refractivity (Wildman–Crippen MR) is 71.1 cm³/mol. The molecule has 1 unspecified atom stereocenters. The van der Waals surface area contributed by atoms with Crippen molar-refractivity contribution in [2.24, 2.45) is 15.9 Å². The molecule has 1 atom stereocenters. The van der Waals surface area contributed by atoms with Gasteiger partial charge in [0.1, 0.15) is 0 Å². The SMILES string of the molecule is O=C1NC(=Nc2ccccc2)N=C2CCCCC12. The molecule has 1 fully saturated rings. The number of amides is 1. The summed E-state index contributed by atoms with van der Waals surface area (Å²) in [7, 11) is 0. The molecule has 1 heterocycles. The van der Waals surface area contributed by atoms with Gasteiger partial charge in [0.15, 0.2) is 0 Å². The summed E-state index contributed by atoms with van der Waals surface area (Å²) < 4.78 is 0. The summed E-state index contributed by atoms with van der Waals surface area (Å²) in [6.07, 6.45) is 4.08. The number of carbonyl (C=O) groups is 1. The maximum absolute atomic E-state index is 12.0. The lowest BCUT2D eigenvalue weighted by atomic mass is 9.86. The topological polar surface area (TPSA) is 53.8 Å². The highest BCUT2D eigenvalue weighted by Gasteiger charge is 2.31. The minimum absolute atomic E-state index is 0.0199. The summed E-state index contributed by atoms with van der Waals surface area (Å²) in [5.41, 5.74) is 1.81. The fraction of sp³-hybridized carbons (Fsp3) is 0.357. The highest BCUT2D eigenvalue weighted by atomic mass is 16.2. The first-order valence-corrected chi connectivity index (χ1v) is 6.35. The van der Waals surface area contributed by atoms with Crippen LogP contribution in [0.4, 0.5) is 5.69 Å². The number of hydrogen-bond donors (Lipinski definition) is 1. The maximum Gasteiger partial charge on any atom is 0.235 e. The third-order valence-electron chi connectivity index (χ3n) is 3.37. The minimum Gasteiger partial charge on any atom is -0.294 e. The predicted octanol–water partition coefficient (Wildman–Crippen LogP) is 2.44. The summed E-state index contributed by atoms with van der Waals surface area (Å²) >= 11 is 0. The number of carbonyl (C=O) groups excluding carboxylic acids is 1. The molecule has 0 saturated heterocycles. The van der Waals surface area contributed by atoms with Gasteiger partial charge in [-0.1, -0.05) is 24.6 Å². The van der Waals surface area contributed by atoms with Gasteiger partial charge in [0.2, 0.25) is 11.9 Å². The summed E-state index contributed by atoms with van der Waals surface area (Å²) in [6.45, 7) is 0. The Kier molecular flexibility index (Phi) is 2.92. The van der Waals surface area contributed by atoms with E-state index in [0.29, 0.717) is 5.96 Å². The van der Waals surface area contributed by atoms with Crippen molar-refractivity contribution in [1.29, 1.82) is 0 Å². The van der Waals surface area contributed by atoms with Crippen LogP contribution in [0.25, 0.3) is 0 Å². The van der Waals surface area contributed by atoms with Crippen LogP contribution in [0.5, 0.6) is 0 Å². The summed E-state index contributed by atoms with van der Waals surface area (Å²) in [4.78, 5) is 20.8. The Morgan fingerprint density at radius 3 is 2.89 bits per heavy atom. The van der Waals surface area contributed by atoms with Crippen molar-refractivity contribution in [3.63, 3.8) is 0 Å². The highest BCUT2D eigenvalue weighted by Crippen LogP contribution is 2.24. The van der Waals surface area contributed by atoms with Crippen molar-refractivity contribution in [1.82, 2.24) is 5.32 Å². The van der Waals surface area contributed by atoms with E-state index in [1.165, 1.54) is 0 Å². The van der Waals surface area contributed by atoms with Gasteiger partial charge < -0.3 is 0 Å². The Balaban J connectivity index is 1.90. The zero-order valence-corrected chi connectivity index (χ0v) is 10.1. The van der Waals surface area contributed by atoms with Gasteiger partial charge in [-0.25, -0.2) is 9.98 Å². The molecular weight excluding hydrogens is 226 g/mol. The Labute approximate surface area is 106 Å². The molecule has 1 N–H and O–H groups in total. The maximum atomic E-state index is 12.0. The highest BCUT2D eigenvalue weighted by molar-refractivity contribution is 6.18. The van der Waals surface area contributed by atoms with Crippen LogP contribution < -0.4 is 5.32 Å². The number of benzene rings is 1. The minimum atomic E-state index is -0.0199. The first kappa shape index (κ1) is 11.1. The molecule has 0 spiro atoms. The van der Waals surface area contributed by atoms with Gasteiger partial charge >= 0.3 is 0 Å². The van der Waals surface area contributed by atoms with Crippen LogP contribution in [0, 0.1) is 5.92 Å². The molecule has 1 aromatic rings. The van der Waals surface area contributed by atoms with E-state index < -0.39 is 0 Å². The van der Waals surface area contributed by atoms with Gasteiger partial charge in [-0.05, 0) is 31.4 Å². The molecule has 0 radical (unpaired) electrons. The van der Waals surface area contributed by atoms with Gasteiger partial charge in [0.25, 0.3) is 0 Å². The molecule has 1 amide bonds. The number of nitrogens with zero attached hydrogens (tertiary/aromatic N) is 2. The van der Waals surface area contributed by atoms with Crippen molar-refractivity contribution >= 4 is 23.3 Å². The third kappa shape index (κ3) is 2.18. The van der Waals surface area contributed by atoms with Gasteiger partial charge in [-0.3, -0.25) is 10.1 Å². The number of guanidine groups is 1. The van der Waals surface area contributed by atoms with E-state index >= 15 is 0 Å². The van der Waals surface area contributed by atoms with Crippen molar-refractivity contribution in [3.8, 4) is 0 Å². The average Bonchev–Trinajstić information content (AvgIpc) is 2.40. The number of rotatable bonds is 1. The van der Waals surface area contributed by atoms with Crippen molar-refractivity contribution in [2.75, 3.05) is 0 Å². The van der Waals surface area contributed by atoms with Crippen molar-refractivity contribution in [3.05, 3.63) is 30.3 Å². The summed E-state index contributed by atoms with van der Waals surface area (Å²) in [6, 6.07) is 9.56. The molecule has 0 bridgehead atoms. The van der Waals surface area contributed by atoms with Gasteiger partial charge in [-0.15, -0.1) is 0 Å². The van der Waals surface area contributed by atoms with Crippen LogP contribution in [-0.4, -0.2) is 17.6 Å². The number of hydrogen-bond acceptors (Lipinski definition) is 2. The molecule has 0 aromatic heterocycles. The number of fused-ring (bicyclic) bond motifs is 1. The van der Waals surface area contributed by atoms with Gasteiger partial charge in [0.05, 0.1) is 11.6 Å². The molecule has 1 aromatic carbocycles. The zero-order valence-electron chi connectivity index (χ0n) is 10.1. The molecule has 1 aliphatic carbocycles. The second-order valence-corrected chi connectivity index (χ2v) is 4.66. The number of aliphatic imine (C=N–C) groups is 2. The normalized spacial score (nSPS) is 25.3. The Morgan fingerprint density at radius 1 is 1.22 bits per heavy atom. The lowest BCUT2D eigenvalue weighted by molar-refractivity contribution is -0.122. The van der Waals surface area contributed by atoms with Crippen LogP contribution in [0.15, 0.2) is 40.3 Å². The molecule has 1 aliphatic heterocycles. The number of para-hydroxylation sites is 1. The molecule has 3 rings (SSSR count). The third-order valence-corrected chi connectivity index (χ3v) is 3.37. The molecule has 4 nitrogen and oxygen atoms in total. The standard InChI is InChI=1S/C14H15N3O/c18-13-11-8-4-5-9-12(11)16-14(17-13)15-10-6-2-1-3-7-10/h1-3,6-7,11H,4-5,8-9H2,(H,15,17,18). The fourth-order valence-electron chi connectivity index (χ4n) is 2.45. The van der Waals surface area contributed by atoms with Crippen LogP contribution in [-0.2, 0) is 4.79 Å². The first-order chi connectivity index (χ1) is 8.83. The Hall–Kier alpha value is -1.97. The number of nitrogens with one attached hydrogen (secondary N) is 1. The van der Waals surface area contributed by atoms with Crippen LogP contribution in [0.2, 0.25) is 0 Å². The molecule has 92 valence electrons. The molecule has 1 saturated carbocycles. The largest absolute Gasteiger partial charge is 0.294 e. The van der Waals surface area contributed by atoms with E-state index in [-0.39, 0.29) is 11.8 Å². The summed E-state index contributed by atoms with van der Waals surface area (Å²) in [5, 5.41) is 2.79. The average molecular weight is 241 g/mol. The quantitative estimate of drug-likeness (QED) is 0.806. The van der Waals surface area contributed by atoms with E-state index in [2.05, 4.69) is 15.3 Å². The Morgan fingerprint density at radius 2 is 2.06 bits per heavy atom.